The third-order valence-corrected chi connectivity index (χ3v) is 1.86. The molecule has 0 aromatic rings. The molecular formula is C8H13NO2. The maximum Gasteiger partial charge on any atom is 0.150 e. The van der Waals surface area contributed by atoms with E-state index in [-0.39, 0.29) is 17.9 Å². The first-order valence-corrected chi connectivity index (χ1v) is 3.61. The average Bonchev–Trinajstić information content (AvgIpc) is 2.24. The van der Waals surface area contributed by atoms with Crippen molar-refractivity contribution in [1.29, 1.82) is 0 Å². The van der Waals surface area contributed by atoms with Crippen molar-refractivity contribution >= 4 is 6.29 Å². The normalized spacial score (nSPS) is 35.1. The quantitative estimate of drug-likeness (QED) is 0.465. The van der Waals surface area contributed by atoms with Crippen LogP contribution in [-0.2, 0) is 9.53 Å². The number of nitrogens with one attached hydrogen (secondary N) is 1. The van der Waals surface area contributed by atoms with Gasteiger partial charge in [-0.25, -0.2) is 0 Å². The van der Waals surface area contributed by atoms with Crippen LogP contribution in [0.4, 0.5) is 0 Å². The molecule has 0 radical (unpaired) electrons. The number of carbonyl (C=O) groups excluding carboxylic acids is 1. The van der Waals surface area contributed by atoms with Gasteiger partial charge in [-0.15, -0.1) is 0 Å². The van der Waals surface area contributed by atoms with E-state index in [0.717, 1.165) is 6.29 Å². The predicted octanol–water partition coefficient (Wildman–Crippen LogP) is 0.464. The summed E-state index contributed by atoms with van der Waals surface area (Å²) in [6, 6.07) is 0. The standard InChI is InChI=1S/C8H13NO2/c1-4-7-9-8(2,3)6(5-10)11-7/h4-7,9H,1H2,2-3H3. The first-order chi connectivity index (χ1) is 5.10. The lowest BCUT2D eigenvalue weighted by Crippen LogP contribution is -2.43. The SMILES string of the molecule is C=CC1NC(C)(C)C(C=O)O1. The molecule has 0 bridgehead atoms. The van der Waals surface area contributed by atoms with Gasteiger partial charge in [0.15, 0.2) is 6.29 Å². The van der Waals surface area contributed by atoms with Crippen LogP contribution < -0.4 is 5.32 Å². The van der Waals surface area contributed by atoms with Crippen molar-refractivity contribution in [3.05, 3.63) is 12.7 Å². The van der Waals surface area contributed by atoms with Crippen molar-refractivity contribution < 1.29 is 9.53 Å². The summed E-state index contributed by atoms with van der Waals surface area (Å²) in [4.78, 5) is 10.5. The number of carbonyl (C=O) groups is 1. The van der Waals surface area contributed by atoms with E-state index in [4.69, 9.17) is 4.74 Å². The van der Waals surface area contributed by atoms with E-state index >= 15 is 0 Å². The second kappa shape index (κ2) is 2.75. The molecule has 1 rings (SSSR count). The molecule has 1 N–H and O–H groups in total. The summed E-state index contributed by atoms with van der Waals surface area (Å²) >= 11 is 0. The molecule has 2 unspecified atom stereocenters. The molecular weight excluding hydrogens is 142 g/mol. The summed E-state index contributed by atoms with van der Waals surface area (Å²) < 4.78 is 5.28. The summed E-state index contributed by atoms with van der Waals surface area (Å²) in [7, 11) is 0. The van der Waals surface area contributed by atoms with E-state index in [2.05, 4.69) is 11.9 Å². The molecule has 0 spiro atoms. The van der Waals surface area contributed by atoms with Crippen molar-refractivity contribution in [2.45, 2.75) is 31.7 Å². The van der Waals surface area contributed by atoms with Crippen molar-refractivity contribution in [1.82, 2.24) is 5.32 Å². The Bertz CT molecular complexity index is 177. The number of aldehydes is 1. The fraction of sp³-hybridized carbons (Fsp3) is 0.625. The zero-order chi connectivity index (χ0) is 8.48. The van der Waals surface area contributed by atoms with Gasteiger partial charge < -0.3 is 9.53 Å². The molecule has 3 nitrogen and oxygen atoms in total. The first kappa shape index (κ1) is 8.43. The maximum absolute atomic E-state index is 10.5. The highest BCUT2D eigenvalue weighted by Gasteiger charge is 2.39. The average molecular weight is 155 g/mol. The minimum atomic E-state index is -0.370. The molecule has 11 heavy (non-hydrogen) atoms. The van der Waals surface area contributed by atoms with Crippen molar-refractivity contribution in [3.8, 4) is 0 Å². The molecule has 0 amide bonds. The minimum Gasteiger partial charge on any atom is -0.347 e. The smallest absolute Gasteiger partial charge is 0.150 e. The highest BCUT2D eigenvalue weighted by molar-refractivity contribution is 5.59. The van der Waals surface area contributed by atoms with Gasteiger partial charge in [0, 0.05) is 5.54 Å². The van der Waals surface area contributed by atoms with Crippen LogP contribution in [0.15, 0.2) is 12.7 Å². The van der Waals surface area contributed by atoms with E-state index in [9.17, 15) is 4.79 Å². The highest BCUT2D eigenvalue weighted by Crippen LogP contribution is 2.20. The number of hydrogen-bond donors (Lipinski definition) is 1. The van der Waals surface area contributed by atoms with Crippen LogP contribution in [0.1, 0.15) is 13.8 Å². The van der Waals surface area contributed by atoms with Crippen LogP contribution in [-0.4, -0.2) is 24.2 Å². The molecule has 1 fully saturated rings. The van der Waals surface area contributed by atoms with E-state index in [0.29, 0.717) is 0 Å². The molecule has 1 aliphatic rings. The highest BCUT2D eigenvalue weighted by atomic mass is 16.5. The second-order valence-corrected chi connectivity index (χ2v) is 3.22. The molecule has 1 heterocycles. The van der Waals surface area contributed by atoms with Gasteiger partial charge in [0.25, 0.3) is 0 Å². The zero-order valence-corrected chi connectivity index (χ0v) is 6.83. The van der Waals surface area contributed by atoms with E-state index in [1.807, 2.05) is 13.8 Å². The lowest BCUT2D eigenvalue weighted by atomic mass is 10.0. The summed E-state index contributed by atoms with van der Waals surface area (Å²) in [6.07, 6.45) is 1.90. The topological polar surface area (TPSA) is 38.3 Å². The molecule has 0 aliphatic carbocycles. The van der Waals surface area contributed by atoms with Crippen LogP contribution in [0.5, 0.6) is 0 Å². The Morgan fingerprint density at radius 3 is 2.55 bits per heavy atom. The van der Waals surface area contributed by atoms with E-state index < -0.39 is 0 Å². The Balaban J connectivity index is 2.69. The van der Waals surface area contributed by atoms with Crippen LogP contribution in [0.2, 0.25) is 0 Å². The maximum atomic E-state index is 10.5. The van der Waals surface area contributed by atoms with Gasteiger partial charge in [-0.1, -0.05) is 6.58 Å². The lowest BCUT2D eigenvalue weighted by molar-refractivity contribution is -0.118. The van der Waals surface area contributed by atoms with Crippen molar-refractivity contribution in [2.24, 2.45) is 0 Å². The number of hydrogen-bond acceptors (Lipinski definition) is 3. The Labute approximate surface area is 66.4 Å². The fourth-order valence-electron chi connectivity index (χ4n) is 1.13. The molecule has 62 valence electrons. The van der Waals surface area contributed by atoms with Gasteiger partial charge in [-0.2, -0.15) is 0 Å². The van der Waals surface area contributed by atoms with Gasteiger partial charge in [0.05, 0.1) is 0 Å². The van der Waals surface area contributed by atoms with E-state index in [1.165, 1.54) is 0 Å². The molecule has 2 atom stereocenters. The summed E-state index contributed by atoms with van der Waals surface area (Å²) in [6.45, 7) is 7.43. The fourth-order valence-corrected chi connectivity index (χ4v) is 1.13. The summed E-state index contributed by atoms with van der Waals surface area (Å²) in [5, 5.41) is 3.11. The third kappa shape index (κ3) is 1.49. The second-order valence-electron chi connectivity index (χ2n) is 3.22. The van der Waals surface area contributed by atoms with Crippen molar-refractivity contribution in [2.75, 3.05) is 0 Å². The van der Waals surface area contributed by atoms with Gasteiger partial charge in [-0.3, -0.25) is 5.32 Å². The Hall–Kier alpha value is -0.670. The van der Waals surface area contributed by atoms with Crippen LogP contribution in [0, 0.1) is 0 Å². The largest absolute Gasteiger partial charge is 0.347 e. The Morgan fingerprint density at radius 2 is 2.27 bits per heavy atom. The van der Waals surface area contributed by atoms with Gasteiger partial charge >= 0.3 is 0 Å². The molecule has 3 heteroatoms. The Morgan fingerprint density at radius 1 is 1.64 bits per heavy atom. The molecule has 0 aromatic heterocycles. The van der Waals surface area contributed by atoms with Gasteiger partial charge in [0.1, 0.15) is 12.3 Å². The van der Waals surface area contributed by atoms with Crippen molar-refractivity contribution in [3.63, 3.8) is 0 Å². The molecule has 0 aromatic carbocycles. The molecule has 1 saturated heterocycles. The van der Waals surface area contributed by atoms with Crippen LogP contribution >= 0.6 is 0 Å². The monoisotopic (exact) mass is 155 g/mol. The Kier molecular flexibility index (Phi) is 2.11. The zero-order valence-electron chi connectivity index (χ0n) is 6.83. The summed E-state index contributed by atoms with van der Waals surface area (Å²) in [5.74, 6) is 0. The molecule has 1 aliphatic heterocycles. The van der Waals surface area contributed by atoms with E-state index in [1.54, 1.807) is 6.08 Å². The molecule has 0 saturated carbocycles. The predicted molar refractivity (Wildman–Crippen MR) is 42.1 cm³/mol. The van der Waals surface area contributed by atoms with Crippen LogP contribution in [0.25, 0.3) is 0 Å². The lowest BCUT2D eigenvalue weighted by Gasteiger charge is -2.19. The van der Waals surface area contributed by atoms with Crippen LogP contribution in [0.3, 0.4) is 0 Å². The number of ether oxygens (including phenoxy) is 1. The third-order valence-electron chi connectivity index (χ3n) is 1.86. The van der Waals surface area contributed by atoms with Gasteiger partial charge in [0.2, 0.25) is 0 Å². The van der Waals surface area contributed by atoms with Gasteiger partial charge in [-0.05, 0) is 19.9 Å². The minimum absolute atomic E-state index is 0.194. The number of rotatable bonds is 2. The first-order valence-electron chi connectivity index (χ1n) is 3.61. The summed E-state index contributed by atoms with van der Waals surface area (Å²) in [5.41, 5.74) is -0.277.